The van der Waals surface area contributed by atoms with Crippen LogP contribution in [0.5, 0.6) is 11.5 Å². The number of amides is 1. The largest absolute Gasteiger partial charge is 0.497 e. The van der Waals surface area contributed by atoms with Crippen LogP contribution >= 0.6 is 0 Å². The molecule has 138 valence electrons. The minimum Gasteiger partial charge on any atom is -0.497 e. The lowest BCUT2D eigenvalue weighted by Crippen LogP contribution is -2.35. The first-order valence-corrected chi connectivity index (χ1v) is 8.28. The van der Waals surface area contributed by atoms with Gasteiger partial charge in [0.2, 0.25) is 0 Å². The minimum atomic E-state index is -0.951. The first kappa shape index (κ1) is 19.3. The quantitative estimate of drug-likeness (QED) is 0.770. The van der Waals surface area contributed by atoms with Crippen molar-refractivity contribution >= 4 is 17.6 Å². The number of esters is 1. The highest BCUT2D eigenvalue weighted by Crippen LogP contribution is 2.17. The van der Waals surface area contributed by atoms with E-state index in [-0.39, 0.29) is 0 Å². The summed E-state index contributed by atoms with van der Waals surface area (Å²) in [4.78, 5) is 24.3. The molecule has 1 amide bonds. The van der Waals surface area contributed by atoms with E-state index >= 15 is 0 Å². The maximum absolute atomic E-state index is 12.2. The molecule has 0 bridgehead atoms. The molecule has 0 aromatic heterocycles. The second-order valence-electron chi connectivity index (χ2n) is 5.87. The van der Waals surface area contributed by atoms with Gasteiger partial charge in [0.05, 0.1) is 7.11 Å². The van der Waals surface area contributed by atoms with Crippen LogP contribution in [0.25, 0.3) is 0 Å². The molecule has 0 radical (unpaired) electrons. The lowest BCUT2D eigenvalue weighted by Gasteiger charge is -2.18. The standard InChI is InChI=1S/C20H23NO5/c1-13-6-5-7-18(12-13)25-15(3)20(23)26-14(2)19(22)21-16-8-10-17(24-4)11-9-16/h5-12,14-15H,1-4H3,(H,21,22)/t14-,15+/m0/s1. The Labute approximate surface area is 153 Å². The van der Waals surface area contributed by atoms with Gasteiger partial charge in [0.25, 0.3) is 5.91 Å². The van der Waals surface area contributed by atoms with Crippen molar-refractivity contribution in [2.45, 2.75) is 33.0 Å². The summed E-state index contributed by atoms with van der Waals surface area (Å²) in [7, 11) is 1.56. The third-order valence-electron chi connectivity index (χ3n) is 3.65. The number of aryl methyl sites for hydroxylation is 1. The molecular formula is C20H23NO5. The van der Waals surface area contributed by atoms with E-state index in [2.05, 4.69) is 5.32 Å². The maximum atomic E-state index is 12.2. The molecule has 0 saturated carbocycles. The van der Waals surface area contributed by atoms with Crippen LogP contribution in [0.3, 0.4) is 0 Å². The molecule has 0 spiro atoms. The summed E-state index contributed by atoms with van der Waals surface area (Å²) in [5, 5.41) is 2.68. The number of carbonyl (C=O) groups is 2. The average Bonchev–Trinajstić information content (AvgIpc) is 2.62. The molecule has 0 fully saturated rings. The second kappa shape index (κ2) is 8.89. The maximum Gasteiger partial charge on any atom is 0.347 e. The SMILES string of the molecule is COc1ccc(NC(=O)[C@H](C)OC(=O)[C@@H](C)Oc2cccc(C)c2)cc1. The van der Waals surface area contributed by atoms with Crippen LogP contribution in [0.4, 0.5) is 5.69 Å². The number of nitrogens with one attached hydrogen (secondary N) is 1. The Kier molecular flexibility index (Phi) is 6.60. The Bertz CT molecular complexity index is 757. The number of methoxy groups -OCH3 is 1. The normalized spacial score (nSPS) is 12.6. The van der Waals surface area contributed by atoms with Crippen molar-refractivity contribution in [3.05, 3.63) is 54.1 Å². The van der Waals surface area contributed by atoms with Crippen LogP contribution < -0.4 is 14.8 Å². The van der Waals surface area contributed by atoms with Crippen molar-refractivity contribution < 1.29 is 23.8 Å². The van der Waals surface area contributed by atoms with Crippen LogP contribution in [0.2, 0.25) is 0 Å². The van der Waals surface area contributed by atoms with E-state index in [4.69, 9.17) is 14.2 Å². The zero-order valence-electron chi connectivity index (χ0n) is 15.3. The molecule has 1 N–H and O–H groups in total. The first-order valence-electron chi connectivity index (χ1n) is 8.28. The Morgan fingerprint density at radius 1 is 0.962 bits per heavy atom. The van der Waals surface area contributed by atoms with E-state index < -0.39 is 24.1 Å². The van der Waals surface area contributed by atoms with Crippen LogP contribution in [0.1, 0.15) is 19.4 Å². The number of carbonyl (C=O) groups excluding carboxylic acids is 2. The summed E-state index contributed by atoms with van der Waals surface area (Å²) in [6, 6.07) is 14.2. The van der Waals surface area contributed by atoms with Crippen molar-refractivity contribution in [3.8, 4) is 11.5 Å². The second-order valence-corrected chi connectivity index (χ2v) is 5.87. The molecule has 0 aliphatic heterocycles. The zero-order valence-corrected chi connectivity index (χ0v) is 15.3. The smallest absolute Gasteiger partial charge is 0.347 e. The minimum absolute atomic E-state index is 0.425. The molecule has 0 heterocycles. The summed E-state index contributed by atoms with van der Waals surface area (Å²) in [6.45, 7) is 5.02. The van der Waals surface area contributed by atoms with Crippen molar-refractivity contribution in [1.29, 1.82) is 0 Å². The van der Waals surface area contributed by atoms with Gasteiger partial charge in [-0.15, -0.1) is 0 Å². The van der Waals surface area contributed by atoms with Crippen molar-refractivity contribution in [3.63, 3.8) is 0 Å². The summed E-state index contributed by atoms with van der Waals surface area (Å²) in [5.74, 6) is 0.226. The number of ether oxygens (including phenoxy) is 3. The van der Waals surface area contributed by atoms with Gasteiger partial charge in [0, 0.05) is 5.69 Å². The van der Waals surface area contributed by atoms with Gasteiger partial charge >= 0.3 is 5.97 Å². The molecule has 2 aromatic carbocycles. The predicted molar refractivity (Wildman–Crippen MR) is 98.4 cm³/mol. The van der Waals surface area contributed by atoms with Crippen molar-refractivity contribution in [1.82, 2.24) is 0 Å². The third kappa shape index (κ3) is 5.51. The van der Waals surface area contributed by atoms with Gasteiger partial charge in [-0.3, -0.25) is 4.79 Å². The molecule has 2 aromatic rings. The van der Waals surface area contributed by atoms with E-state index in [1.807, 2.05) is 25.1 Å². The number of hydrogen-bond acceptors (Lipinski definition) is 5. The van der Waals surface area contributed by atoms with Gasteiger partial charge in [0.1, 0.15) is 11.5 Å². The van der Waals surface area contributed by atoms with Crippen molar-refractivity contribution in [2.24, 2.45) is 0 Å². The van der Waals surface area contributed by atoms with Crippen LogP contribution in [-0.4, -0.2) is 31.2 Å². The highest BCUT2D eigenvalue weighted by molar-refractivity contribution is 5.95. The molecule has 26 heavy (non-hydrogen) atoms. The van der Waals surface area contributed by atoms with Crippen LogP contribution in [0, 0.1) is 6.92 Å². The average molecular weight is 357 g/mol. The predicted octanol–water partition coefficient (Wildman–Crippen LogP) is 3.34. The number of hydrogen-bond donors (Lipinski definition) is 1. The summed E-state index contributed by atoms with van der Waals surface area (Å²) in [6.07, 6.45) is -1.78. The molecule has 0 aliphatic rings. The molecule has 6 nitrogen and oxygen atoms in total. The topological polar surface area (TPSA) is 73.9 Å². The lowest BCUT2D eigenvalue weighted by atomic mass is 10.2. The number of anilines is 1. The van der Waals surface area contributed by atoms with Gasteiger partial charge in [-0.05, 0) is 62.7 Å². The van der Waals surface area contributed by atoms with E-state index in [0.717, 1.165) is 5.56 Å². The first-order chi connectivity index (χ1) is 12.4. The van der Waals surface area contributed by atoms with E-state index in [1.165, 1.54) is 6.92 Å². The fourth-order valence-electron chi connectivity index (χ4n) is 2.18. The molecular weight excluding hydrogens is 334 g/mol. The highest BCUT2D eigenvalue weighted by atomic mass is 16.6. The zero-order chi connectivity index (χ0) is 19.1. The van der Waals surface area contributed by atoms with Gasteiger partial charge in [-0.2, -0.15) is 0 Å². The Balaban J connectivity index is 1.87. The number of rotatable bonds is 7. The third-order valence-corrected chi connectivity index (χ3v) is 3.65. The number of benzene rings is 2. The molecule has 6 heteroatoms. The van der Waals surface area contributed by atoms with Gasteiger partial charge < -0.3 is 19.5 Å². The van der Waals surface area contributed by atoms with Gasteiger partial charge in [0.15, 0.2) is 12.2 Å². The highest BCUT2D eigenvalue weighted by Gasteiger charge is 2.23. The fraction of sp³-hybridized carbons (Fsp3) is 0.300. The van der Waals surface area contributed by atoms with Crippen LogP contribution in [-0.2, 0) is 14.3 Å². The molecule has 2 rings (SSSR count). The van der Waals surface area contributed by atoms with E-state index in [0.29, 0.717) is 17.2 Å². The van der Waals surface area contributed by atoms with E-state index in [1.54, 1.807) is 44.4 Å². The monoisotopic (exact) mass is 357 g/mol. The van der Waals surface area contributed by atoms with Gasteiger partial charge in [-0.1, -0.05) is 12.1 Å². The fourth-order valence-corrected chi connectivity index (χ4v) is 2.18. The Morgan fingerprint density at radius 3 is 2.27 bits per heavy atom. The van der Waals surface area contributed by atoms with Crippen molar-refractivity contribution in [2.75, 3.05) is 12.4 Å². The molecule has 0 aliphatic carbocycles. The molecule has 0 unspecified atom stereocenters. The summed E-state index contributed by atoms with van der Waals surface area (Å²) < 4.78 is 15.8. The Morgan fingerprint density at radius 2 is 1.65 bits per heavy atom. The molecule has 2 atom stereocenters. The lowest BCUT2D eigenvalue weighted by molar-refractivity contribution is -0.159. The molecule has 0 saturated heterocycles. The van der Waals surface area contributed by atoms with Gasteiger partial charge in [-0.25, -0.2) is 4.79 Å². The van der Waals surface area contributed by atoms with E-state index in [9.17, 15) is 9.59 Å². The Hall–Kier alpha value is -3.02. The van der Waals surface area contributed by atoms with Crippen LogP contribution in [0.15, 0.2) is 48.5 Å². The summed E-state index contributed by atoms with van der Waals surface area (Å²) in [5.41, 5.74) is 1.61. The summed E-state index contributed by atoms with van der Waals surface area (Å²) >= 11 is 0.